The average molecular weight is 534 g/mol. The third-order valence-corrected chi connectivity index (χ3v) is 8.37. The molecule has 3 aliphatic rings. The van der Waals surface area contributed by atoms with Crippen molar-refractivity contribution in [2.24, 2.45) is 16.8 Å². The topological polar surface area (TPSA) is 143 Å². The lowest BCUT2D eigenvalue weighted by Gasteiger charge is -2.38. The largest absolute Gasteiger partial charge is 0.496 e. The summed E-state index contributed by atoms with van der Waals surface area (Å²) in [6, 6.07) is 2.05. The molecule has 4 heterocycles. The fraction of sp³-hybridized carbons (Fsp3) is 0.593. The highest BCUT2D eigenvalue weighted by atomic mass is 16.5. The van der Waals surface area contributed by atoms with Gasteiger partial charge in [-0.3, -0.25) is 9.89 Å². The van der Waals surface area contributed by atoms with Gasteiger partial charge in [0.25, 0.3) is 5.91 Å². The number of aromatic nitrogens is 6. The second-order valence-electron chi connectivity index (χ2n) is 11.2. The minimum atomic E-state index is -0.289. The van der Waals surface area contributed by atoms with Gasteiger partial charge in [-0.2, -0.15) is 20.1 Å². The Bertz CT molecular complexity index is 1360. The van der Waals surface area contributed by atoms with Crippen LogP contribution in [0.2, 0.25) is 0 Å². The molecular weight excluding hydrogens is 498 g/mol. The van der Waals surface area contributed by atoms with Crippen LogP contribution in [0.15, 0.2) is 17.3 Å². The minimum absolute atomic E-state index is 0.0967. The Morgan fingerprint density at radius 1 is 1.26 bits per heavy atom. The molecule has 2 atom stereocenters. The zero-order chi connectivity index (χ0) is 27.0. The van der Waals surface area contributed by atoms with E-state index in [4.69, 9.17) is 9.47 Å². The molecule has 2 saturated carbocycles. The molecule has 0 aromatic carbocycles. The van der Waals surface area contributed by atoms with Crippen LogP contribution in [-0.4, -0.2) is 81.6 Å². The Balaban J connectivity index is 1.19. The number of nitrogens with one attached hydrogen (secondary N) is 2. The summed E-state index contributed by atoms with van der Waals surface area (Å²) in [7, 11) is 1.66. The maximum Gasteiger partial charge on any atom is 0.321 e. The van der Waals surface area contributed by atoms with Gasteiger partial charge in [-0.1, -0.05) is 0 Å². The number of aromatic amines is 1. The average Bonchev–Trinajstić information content (AvgIpc) is 3.54. The van der Waals surface area contributed by atoms with Gasteiger partial charge < -0.3 is 24.7 Å². The molecule has 0 unspecified atom stereocenters. The van der Waals surface area contributed by atoms with Crippen molar-refractivity contribution in [3.63, 3.8) is 0 Å². The van der Waals surface area contributed by atoms with E-state index in [0.29, 0.717) is 37.5 Å². The maximum atomic E-state index is 13.1. The SMILES string of the molecule is C=NC[C@@H]1C[C@@H]1COc1nc(C(=O)NC2(C)CCC2)nc(N2CCC(c3n[nH]c4nccc(OC)c34)CC2)n1. The van der Waals surface area contributed by atoms with Crippen LogP contribution in [0.4, 0.5) is 5.95 Å². The normalized spacial score (nSPS) is 22.3. The number of H-pyrrole nitrogens is 1. The standard InChI is InChI=1S/C27H35N9O3/c1-27(8-4-9-27)33-24(37)23-30-25(32-26(31-23)39-15-18-13-17(18)14-28-2)36-11-6-16(7-12-36)21-20-19(38-3)5-10-29-22(20)35-34-21/h5,10,16-18H,2,4,6-9,11-15H2,1,3H3,(H,33,37)(H,29,34,35)/t17-,18+/m0/s1. The van der Waals surface area contributed by atoms with E-state index in [0.717, 1.165) is 67.5 Å². The Labute approximate surface area is 227 Å². The Morgan fingerprint density at radius 3 is 2.79 bits per heavy atom. The van der Waals surface area contributed by atoms with Crippen LogP contribution in [-0.2, 0) is 0 Å². The molecule has 1 aliphatic heterocycles. The van der Waals surface area contributed by atoms with E-state index in [2.05, 4.69) is 59.0 Å². The van der Waals surface area contributed by atoms with E-state index in [9.17, 15) is 4.79 Å². The minimum Gasteiger partial charge on any atom is -0.496 e. The summed E-state index contributed by atoms with van der Waals surface area (Å²) in [6.07, 6.45) is 7.48. The van der Waals surface area contributed by atoms with Crippen molar-refractivity contribution in [1.29, 1.82) is 0 Å². The van der Waals surface area contributed by atoms with E-state index in [1.807, 2.05) is 6.07 Å². The van der Waals surface area contributed by atoms with Gasteiger partial charge in [0.15, 0.2) is 5.65 Å². The van der Waals surface area contributed by atoms with Gasteiger partial charge in [-0.15, -0.1) is 0 Å². The number of piperidine rings is 1. The van der Waals surface area contributed by atoms with Crippen LogP contribution < -0.4 is 19.7 Å². The molecule has 3 aromatic heterocycles. The lowest BCUT2D eigenvalue weighted by Crippen LogP contribution is -2.51. The lowest BCUT2D eigenvalue weighted by atomic mass is 9.78. The van der Waals surface area contributed by atoms with Crippen LogP contribution in [0.3, 0.4) is 0 Å². The van der Waals surface area contributed by atoms with E-state index in [-0.39, 0.29) is 29.2 Å². The van der Waals surface area contributed by atoms with Gasteiger partial charge in [0, 0.05) is 37.3 Å². The molecule has 0 bridgehead atoms. The Hall–Kier alpha value is -3.83. The molecule has 6 rings (SSSR count). The number of carbonyl (C=O) groups is 1. The lowest BCUT2D eigenvalue weighted by molar-refractivity contribution is 0.0837. The number of aliphatic imine (C=N–C) groups is 1. The van der Waals surface area contributed by atoms with Crippen molar-refractivity contribution < 1.29 is 14.3 Å². The maximum absolute atomic E-state index is 13.1. The summed E-state index contributed by atoms with van der Waals surface area (Å²) in [5.41, 5.74) is 1.49. The molecule has 12 heteroatoms. The summed E-state index contributed by atoms with van der Waals surface area (Å²) in [5.74, 6) is 2.18. The van der Waals surface area contributed by atoms with Crippen LogP contribution in [0.5, 0.6) is 11.8 Å². The van der Waals surface area contributed by atoms with Gasteiger partial charge in [-0.05, 0) is 70.1 Å². The molecule has 2 aliphatic carbocycles. The molecule has 39 heavy (non-hydrogen) atoms. The van der Waals surface area contributed by atoms with Gasteiger partial charge in [0.05, 0.1) is 24.8 Å². The van der Waals surface area contributed by atoms with E-state index in [1.165, 1.54) is 0 Å². The number of methoxy groups -OCH3 is 1. The predicted molar refractivity (Wildman–Crippen MR) is 146 cm³/mol. The first-order valence-electron chi connectivity index (χ1n) is 13.7. The van der Waals surface area contributed by atoms with Crippen molar-refractivity contribution in [1.82, 2.24) is 35.5 Å². The number of ether oxygens (including phenoxy) is 2. The van der Waals surface area contributed by atoms with Crippen molar-refractivity contribution in [3.8, 4) is 11.8 Å². The summed E-state index contributed by atoms with van der Waals surface area (Å²) >= 11 is 0. The number of hydrogen-bond donors (Lipinski definition) is 2. The van der Waals surface area contributed by atoms with Crippen molar-refractivity contribution in [2.75, 3.05) is 38.3 Å². The van der Waals surface area contributed by atoms with Crippen LogP contribution in [0, 0.1) is 11.8 Å². The number of fused-ring (bicyclic) bond motifs is 1. The number of amides is 1. The molecule has 1 amide bonds. The van der Waals surface area contributed by atoms with Crippen molar-refractivity contribution in [3.05, 3.63) is 23.8 Å². The van der Waals surface area contributed by atoms with E-state index >= 15 is 0 Å². The molecule has 1 saturated heterocycles. The molecular formula is C27H35N9O3. The van der Waals surface area contributed by atoms with Gasteiger partial charge in [0.1, 0.15) is 5.75 Å². The summed E-state index contributed by atoms with van der Waals surface area (Å²) in [6.45, 7) is 8.29. The Kier molecular flexibility index (Phi) is 6.78. The monoisotopic (exact) mass is 533 g/mol. The first-order chi connectivity index (χ1) is 19.0. The second-order valence-corrected chi connectivity index (χ2v) is 11.2. The van der Waals surface area contributed by atoms with Gasteiger partial charge >= 0.3 is 6.01 Å². The van der Waals surface area contributed by atoms with Crippen LogP contribution in [0.25, 0.3) is 11.0 Å². The van der Waals surface area contributed by atoms with Gasteiger partial charge in [-0.25, -0.2) is 4.98 Å². The smallest absolute Gasteiger partial charge is 0.321 e. The third kappa shape index (κ3) is 5.24. The number of carbonyl (C=O) groups excluding carboxylic acids is 1. The molecule has 206 valence electrons. The van der Waals surface area contributed by atoms with E-state index < -0.39 is 0 Å². The summed E-state index contributed by atoms with van der Waals surface area (Å²) < 4.78 is 11.6. The number of hydrogen-bond acceptors (Lipinski definition) is 10. The molecule has 3 aromatic rings. The van der Waals surface area contributed by atoms with Gasteiger partial charge in [0.2, 0.25) is 11.8 Å². The predicted octanol–water partition coefficient (Wildman–Crippen LogP) is 2.92. The zero-order valence-electron chi connectivity index (χ0n) is 22.5. The van der Waals surface area contributed by atoms with Crippen molar-refractivity contribution in [2.45, 2.75) is 56.9 Å². The van der Waals surface area contributed by atoms with E-state index in [1.54, 1.807) is 13.3 Å². The Morgan fingerprint density at radius 2 is 2.08 bits per heavy atom. The molecule has 0 radical (unpaired) electrons. The van der Waals surface area contributed by atoms with Crippen molar-refractivity contribution >= 4 is 29.6 Å². The van der Waals surface area contributed by atoms with Crippen LogP contribution in [0.1, 0.15) is 67.7 Å². The first-order valence-corrected chi connectivity index (χ1v) is 13.7. The highest BCUT2D eigenvalue weighted by Gasteiger charge is 2.38. The zero-order valence-corrected chi connectivity index (χ0v) is 22.5. The van der Waals surface area contributed by atoms with Crippen LogP contribution >= 0.6 is 0 Å². The second kappa shape index (κ2) is 10.4. The first kappa shape index (κ1) is 25.4. The number of rotatable bonds is 10. The number of pyridine rings is 1. The fourth-order valence-corrected chi connectivity index (χ4v) is 5.66. The quantitative estimate of drug-likeness (QED) is 0.376. The molecule has 3 fully saturated rings. The molecule has 12 nitrogen and oxygen atoms in total. The molecule has 2 N–H and O–H groups in total. The molecule has 0 spiro atoms. The highest BCUT2D eigenvalue weighted by molar-refractivity contribution is 5.91. The highest BCUT2D eigenvalue weighted by Crippen LogP contribution is 2.39. The summed E-state index contributed by atoms with van der Waals surface area (Å²) in [4.78, 5) is 37.2. The number of anilines is 1. The summed E-state index contributed by atoms with van der Waals surface area (Å²) in [5, 5.41) is 11.7. The fourth-order valence-electron chi connectivity index (χ4n) is 5.66. The number of nitrogens with zero attached hydrogens (tertiary/aromatic N) is 7. The third-order valence-electron chi connectivity index (χ3n) is 8.37.